The highest BCUT2D eigenvalue weighted by atomic mass is 35.5. The van der Waals surface area contributed by atoms with E-state index in [1.165, 1.54) is 49.5 Å². The van der Waals surface area contributed by atoms with Gasteiger partial charge in [0, 0.05) is 81.3 Å². The number of ketones is 1. The van der Waals surface area contributed by atoms with Gasteiger partial charge in [0.1, 0.15) is 40.6 Å². The summed E-state index contributed by atoms with van der Waals surface area (Å²) in [6, 6.07) is 10.5. The summed E-state index contributed by atoms with van der Waals surface area (Å²) in [5.74, 6) is 0.853. The van der Waals surface area contributed by atoms with Crippen LogP contribution in [0.25, 0.3) is 22.3 Å². The number of carbonyl (C=O) groups excluding carboxylic acids is 2. The molecule has 5 aromatic rings. The molecule has 1 aromatic carbocycles. The molecule has 0 unspecified atom stereocenters. The number of Topliss-reactive ketones (excluding diaryl/α,β-unsaturated/α-hetero) is 1. The Balaban J connectivity index is 0.000000196. The van der Waals surface area contributed by atoms with Gasteiger partial charge in [0.15, 0.2) is 0 Å². The Bertz CT molecular complexity index is 2440. The van der Waals surface area contributed by atoms with Crippen molar-refractivity contribution in [3.8, 4) is 28.0 Å². The van der Waals surface area contributed by atoms with Gasteiger partial charge in [-0.2, -0.15) is 5.10 Å². The lowest BCUT2D eigenvalue weighted by Gasteiger charge is -2.27. The molecule has 16 heteroatoms. The molecule has 12 nitrogen and oxygen atoms in total. The van der Waals surface area contributed by atoms with Crippen molar-refractivity contribution in [2.24, 2.45) is 17.3 Å². The summed E-state index contributed by atoms with van der Waals surface area (Å²) in [6.07, 6.45) is 12.5. The van der Waals surface area contributed by atoms with Crippen LogP contribution in [0.4, 0.5) is 26.2 Å². The molecular weight excluding hydrogens is 786 g/mol. The number of benzene rings is 1. The number of amides is 1. The lowest BCUT2D eigenvalue weighted by atomic mass is 9.79. The SMILES string of the molecule is CC(=O)C[C@@H]1CCC[C@H](C(=O)Nc2cc(-c3cnn4c3CC(C)(C)C4)c(Cl)cn2)C1.COc1cc(F)ccc1-c1cc(Nc2cc(C[S@](C)(=N)=O)ccn2)ncc1F. The number of nitrogens with zero attached hydrogens (tertiary/aromatic N) is 5. The number of hydrogen-bond donors (Lipinski definition) is 3. The molecule has 1 saturated carbocycles. The van der Waals surface area contributed by atoms with Crippen LogP contribution < -0.4 is 15.4 Å². The molecule has 5 heterocycles. The summed E-state index contributed by atoms with van der Waals surface area (Å²) in [7, 11) is -1.31. The van der Waals surface area contributed by atoms with E-state index in [-0.39, 0.29) is 40.1 Å². The zero-order chi connectivity index (χ0) is 41.8. The maximum absolute atomic E-state index is 14.4. The van der Waals surface area contributed by atoms with Gasteiger partial charge in [-0.25, -0.2) is 27.9 Å². The van der Waals surface area contributed by atoms with Crippen molar-refractivity contribution in [2.45, 2.75) is 71.6 Å². The number of aromatic nitrogens is 5. The van der Waals surface area contributed by atoms with E-state index >= 15 is 0 Å². The number of carbonyl (C=O) groups is 2. The summed E-state index contributed by atoms with van der Waals surface area (Å²) in [4.78, 5) is 36.8. The highest BCUT2D eigenvalue weighted by molar-refractivity contribution is 7.90. The van der Waals surface area contributed by atoms with Gasteiger partial charge < -0.3 is 20.2 Å². The Morgan fingerprint density at radius 3 is 2.47 bits per heavy atom. The van der Waals surface area contributed by atoms with Crippen LogP contribution >= 0.6 is 11.6 Å². The van der Waals surface area contributed by atoms with Crippen molar-refractivity contribution in [2.75, 3.05) is 24.0 Å². The predicted molar refractivity (Wildman–Crippen MR) is 221 cm³/mol. The Morgan fingerprint density at radius 1 is 0.983 bits per heavy atom. The molecule has 4 aromatic heterocycles. The van der Waals surface area contributed by atoms with E-state index in [1.54, 1.807) is 25.3 Å². The largest absolute Gasteiger partial charge is 0.496 e. The number of ether oxygens (including phenoxy) is 1. The van der Waals surface area contributed by atoms with E-state index in [1.807, 2.05) is 16.9 Å². The van der Waals surface area contributed by atoms with Crippen LogP contribution in [0.15, 0.2) is 67.3 Å². The van der Waals surface area contributed by atoms with Crippen molar-refractivity contribution in [3.63, 3.8) is 0 Å². The second-order valence-electron chi connectivity index (χ2n) is 15.9. The van der Waals surface area contributed by atoms with Crippen LogP contribution in [-0.4, -0.2) is 54.0 Å². The standard InChI is InChI=1S/C23H29ClN4O2.C19H18F2N4O2S/c1-14(29)7-15-5-4-6-16(8-15)22(30)27-21-9-17(19(24)12-25-21)18-11-26-28-13-23(2,3)10-20(18)28;1-27-17-8-13(20)3-4-14(17)15-9-19(24-10-16(15)21)25-18-7-12(5-6-23-18)11-28(2,22)26/h9,11-12,15-16H,4-8,10,13H2,1-3H3,(H,25,27,30);3-10,22H,11H2,1-2H3,(H,23,24,25)/t15-,16-;28-/m01/s1. The molecular formula is C42H47ClF2N8O4S. The number of rotatable bonds is 11. The molecule has 58 heavy (non-hydrogen) atoms. The van der Waals surface area contributed by atoms with Crippen LogP contribution in [0.3, 0.4) is 0 Å². The Labute approximate surface area is 342 Å². The lowest BCUT2D eigenvalue weighted by molar-refractivity contribution is -0.123. The highest BCUT2D eigenvalue weighted by Crippen LogP contribution is 2.40. The normalized spacial score (nSPS) is 17.9. The molecule has 1 amide bonds. The molecule has 3 atom stereocenters. The zero-order valence-electron chi connectivity index (χ0n) is 33.1. The predicted octanol–water partition coefficient (Wildman–Crippen LogP) is 9.26. The summed E-state index contributed by atoms with van der Waals surface area (Å²) < 4.78 is 54.2. The van der Waals surface area contributed by atoms with E-state index in [2.05, 4.69) is 44.5 Å². The lowest BCUT2D eigenvalue weighted by Crippen LogP contribution is -2.29. The number of halogens is 3. The molecule has 0 radical (unpaired) electrons. The number of fused-ring (bicyclic) bond motifs is 1. The number of nitrogens with one attached hydrogen (secondary N) is 3. The first-order valence-electron chi connectivity index (χ1n) is 18.9. The average Bonchev–Trinajstić information content (AvgIpc) is 3.67. The summed E-state index contributed by atoms with van der Waals surface area (Å²) >= 11 is 6.47. The first kappa shape index (κ1) is 42.3. The first-order valence-corrected chi connectivity index (χ1v) is 21.4. The van der Waals surface area contributed by atoms with Crippen molar-refractivity contribution in [1.29, 1.82) is 4.78 Å². The smallest absolute Gasteiger partial charge is 0.228 e. The quantitative estimate of drug-likeness (QED) is 0.118. The monoisotopic (exact) mass is 832 g/mol. The molecule has 1 fully saturated rings. The maximum Gasteiger partial charge on any atom is 0.228 e. The first-order chi connectivity index (χ1) is 27.5. The van der Waals surface area contributed by atoms with Gasteiger partial charge in [0.2, 0.25) is 5.91 Å². The van der Waals surface area contributed by atoms with Gasteiger partial charge in [-0.15, -0.1) is 0 Å². The molecule has 0 bridgehead atoms. The molecule has 2 aliphatic rings. The molecule has 306 valence electrons. The summed E-state index contributed by atoms with van der Waals surface area (Å²) in [5.41, 5.74) is 4.45. The number of methoxy groups -OCH3 is 1. The zero-order valence-corrected chi connectivity index (χ0v) is 34.6. The van der Waals surface area contributed by atoms with Crippen LogP contribution in [0, 0.1) is 33.7 Å². The second-order valence-corrected chi connectivity index (χ2v) is 18.6. The molecule has 1 aliphatic heterocycles. The third kappa shape index (κ3) is 10.8. The molecule has 0 saturated heterocycles. The Hall–Kier alpha value is -5.28. The van der Waals surface area contributed by atoms with E-state index in [0.29, 0.717) is 45.9 Å². The van der Waals surface area contributed by atoms with E-state index in [9.17, 15) is 22.6 Å². The van der Waals surface area contributed by atoms with Gasteiger partial charge in [0.25, 0.3) is 0 Å². The third-order valence-corrected chi connectivity index (χ3v) is 11.3. The van der Waals surface area contributed by atoms with Crippen LogP contribution in [-0.2, 0) is 38.0 Å². The molecule has 1 aliphatic carbocycles. The van der Waals surface area contributed by atoms with Crippen LogP contribution in [0.1, 0.15) is 64.1 Å². The van der Waals surface area contributed by atoms with E-state index in [0.717, 1.165) is 56.0 Å². The van der Waals surface area contributed by atoms with Crippen LogP contribution in [0.2, 0.25) is 5.02 Å². The van der Waals surface area contributed by atoms with Crippen molar-refractivity contribution in [1.82, 2.24) is 24.7 Å². The van der Waals surface area contributed by atoms with Crippen molar-refractivity contribution >= 4 is 50.5 Å². The van der Waals surface area contributed by atoms with E-state index in [4.69, 9.17) is 21.1 Å². The molecule has 3 N–H and O–H groups in total. The molecule has 7 rings (SSSR count). The van der Waals surface area contributed by atoms with Gasteiger partial charge in [-0.05, 0) is 85.9 Å². The highest BCUT2D eigenvalue weighted by Gasteiger charge is 2.33. The molecule has 0 spiro atoms. The average molecular weight is 833 g/mol. The third-order valence-electron chi connectivity index (χ3n) is 10.1. The van der Waals surface area contributed by atoms with Gasteiger partial charge in [-0.1, -0.05) is 31.9 Å². The minimum atomic E-state index is -2.69. The fourth-order valence-electron chi connectivity index (χ4n) is 7.62. The van der Waals surface area contributed by atoms with Crippen LogP contribution in [0.5, 0.6) is 5.75 Å². The summed E-state index contributed by atoms with van der Waals surface area (Å²) in [6.45, 7) is 6.97. The Morgan fingerprint density at radius 2 is 1.72 bits per heavy atom. The van der Waals surface area contributed by atoms with Crippen molar-refractivity contribution in [3.05, 3.63) is 95.2 Å². The number of pyridine rings is 3. The minimum absolute atomic E-state index is 0.0228. The fraction of sp³-hybridized carbons (Fsp3) is 0.381. The summed E-state index contributed by atoms with van der Waals surface area (Å²) in [5, 5.41) is 11.0. The number of hydrogen-bond acceptors (Lipinski definition) is 10. The van der Waals surface area contributed by atoms with Gasteiger partial charge in [0.05, 0.1) is 30.3 Å². The fourth-order valence-corrected chi connectivity index (χ4v) is 8.64. The Kier molecular flexibility index (Phi) is 12.9. The van der Waals surface area contributed by atoms with E-state index < -0.39 is 21.4 Å². The number of anilines is 3. The van der Waals surface area contributed by atoms with Crippen molar-refractivity contribution < 1.29 is 27.3 Å². The second kappa shape index (κ2) is 17.7. The van der Waals surface area contributed by atoms with Gasteiger partial charge in [-0.3, -0.25) is 14.3 Å². The topological polar surface area (TPSA) is 165 Å². The minimum Gasteiger partial charge on any atom is -0.496 e. The maximum atomic E-state index is 14.4. The van der Waals surface area contributed by atoms with Gasteiger partial charge >= 0.3 is 0 Å².